The Bertz CT molecular complexity index is 1120. The van der Waals surface area contributed by atoms with Gasteiger partial charge >= 0.3 is 5.51 Å². The molecule has 2 heterocycles. The van der Waals surface area contributed by atoms with E-state index in [4.69, 9.17) is 0 Å². The van der Waals surface area contributed by atoms with Crippen LogP contribution >= 0.6 is 12.0 Å². The van der Waals surface area contributed by atoms with Crippen LogP contribution in [0.15, 0.2) is 30.3 Å². The van der Waals surface area contributed by atoms with E-state index in [-0.39, 0.29) is 27.5 Å². The topological polar surface area (TPSA) is 66.9 Å². The van der Waals surface area contributed by atoms with Crippen molar-refractivity contribution in [2.24, 2.45) is 0 Å². The van der Waals surface area contributed by atoms with Gasteiger partial charge in [0.25, 0.3) is 17.7 Å². The number of imide groups is 1. The summed E-state index contributed by atoms with van der Waals surface area (Å²) in [4.78, 5) is 39.3. The zero-order chi connectivity index (χ0) is 22.2. The summed E-state index contributed by atoms with van der Waals surface area (Å²) in [5, 5.41) is 0.825. The van der Waals surface area contributed by atoms with Crippen molar-refractivity contribution in [3.63, 3.8) is 0 Å². The number of carbonyl (C=O) groups is 3. The molecule has 10 heteroatoms. The fourth-order valence-corrected chi connectivity index (χ4v) is 3.92. The van der Waals surface area contributed by atoms with Crippen molar-refractivity contribution in [3.05, 3.63) is 47.0 Å². The highest BCUT2D eigenvalue weighted by Crippen LogP contribution is 2.36. The first-order valence-corrected chi connectivity index (χ1v) is 10.2. The van der Waals surface area contributed by atoms with Gasteiger partial charge in [0.15, 0.2) is 0 Å². The number of hydroxylamine groups is 2. The summed E-state index contributed by atoms with van der Waals surface area (Å²) in [6, 6.07) is 7.43. The van der Waals surface area contributed by atoms with E-state index in [1.165, 1.54) is 24.3 Å². The lowest BCUT2D eigenvalue weighted by Gasteiger charge is -2.25. The number of piperidine rings is 1. The first-order chi connectivity index (χ1) is 14.8. The molecule has 0 N–H and O–H groups in total. The van der Waals surface area contributed by atoms with Crippen molar-refractivity contribution in [3.8, 4) is 11.8 Å². The lowest BCUT2D eigenvalue weighted by Crippen LogP contribution is -2.39. The molecular formula is C21H15F3N2O4S. The van der Waals surface area contributed by atoms with Gasteiger partial charge in [-0.1, -0.05) is 18.1 Å². The van der Waals surface area contributed by atoms with Gasteiger partial charge in [0.1, 0.15) is 12.0 Å². The molecule has 160 valence electrons. The Kier molecular flexibility index (Phi) is 5.64. The average Bonchev–Trinajstić information content (AvgIpc) is 2.75. The minimum absolute atomic E-state index is 0.0147. The molecule has 1 fully saturated rings. The number of halogens is 3. The Morgan fingerprint density at radius 3 is 2.35 bits per heavy atom. The first-order valence-electron chi connectivity index (χ1n) is 9.44. The summed E-state index contributed by atoms with van der Waals surface area (Å²) < 4.78 is 41.8. The highest BCUT2D eigenvalue weighted by molar-refractivity contribution is 7.95. The van der Waals surface area contributed by atoms with Crippen molar-refractivity contribution < 1.29 is 31.8 Å². The number of hydrogen-bond donors (Lipinski definition) is 0. The number of likely N-dealkylation sites (tertiary alicyclic amines) is 1. The summed E-state index contributed by atoms with van der Waals surface area (Å²) in [5.41, 5.74) is -4.32. The zero-order valence-corrected chi connectivity index (χ0v) is 16.8. The number of amides is 3. The maximum atomic E-state index is 12.6. The smallest absolute Gasteiger partial charge is 0.332 e. The van der Waals surface area contributed by atoms with E-state index in [1.807, 2.05) is 0 Å². The fourth-order valence-electron chi connectivity index (χ4n) is 3.63. The third-order valence-corrected chi connectivity index (χ3v) is 5.44. The first kappa shape index (κ1) is 21.2. The molecule has 0 spiro atoms. The molecule has 2 aliphatic rings. The Hall–Kier alpha value is -3.03. The molecule has 0 bridgehead atoms. The minimum Gasteiger partial charge on any atom is -0.332 e. The van der Waals surface area contributed by atoms with Gasteiger partial charge in [-0.25, -0.2) is 0 Å². The van der Waals surface area contributed by atoms with Gasteiger partial charge in [-0.3, -0.25) is 14.4 Å². The monoisotopic (exact) mass is 448 g/mol. The average molecular weight is 448 g/mol. The summed E-state index contributed by atoms with van der Waals surface area (Å²) in [7, 11) is 0. The zero-order valence-electron chi connectivity index (χ0n) is 16.0. The summed E-state index contributed by atoms with van der Waals surface area (Å²) in [6.07, 6.45) is 2.95. The second-order valence-corrected chi connectivity index (χ2v) is 7.78. The van der Waals surface area contributed by atoms with Gasteiger partial charge in [0.2, 0.25) is 0 Å². The van der Waals surface area contributed by atoms with E-state index in [2.05, 4.69) is 16.1 Å². The second-order valence-electron chi connectivity index (χ2n) is 7.00. The molecule has 6 nitrogen and oxygen atoms in total. The third kappa shape index (κ3) is 4.24. The molecule has 0 aromatic heterocycles. The van der Waals surface area contributed by atoms with Crippen molar-refractivity contribution in [1.82, 2.24) is 9.96 Å². The van der Waals surface area contributed by atoms with Crippen molar-refractivity contribution in [1.29, 1.82) is 0 Å². The molecule has 2 aromatic rings. The molecule has 0 saturated carbocycles. The number of nitrogens with zero attached hydrogens (tertiary/aromatic N) is 2. The van der Waals surface area contributed by atoms with Crippen LogP contribution in [0, 0.1) is 11.8 Å². The molecule has 0 atom stereocenters. The predicted molar refractivity (Wildman–Crippen MR) is 106 cm³/mol. The molecule has 0 radical (unpaired) electrons. The van der Waals surface area contributed by atoms with Crippen molar-refractivity contribution in [2.75, 3.05) is 13.1 Å². The molecule has 0 aliphatic carbocycles. The van der Waals surface area contributed by atoms with E-state index in [9.17, 15) is 27.6 Å². The van der Waals surface area contributed by atoms with Gasteiger partial charge in [-0.15, -0.1) is 5.06 Å². The van der Waals surface area contributed by atoms with Crippen LogP contribution in [0.4, 0.5) is 13.2 Å². The van der Waals surface area contributed by atoms with Crippen LogP contribution in [0.25, 0.3) is 10.8 Å². The standard InChI is InChI=1S/C21H15F3N2O4S/c22-21(23,24)31-30-26-19(28)15-6-4-5-14-13(7-9-16(18(14)15)20(26)29)8-10-17(27)25-11-2-1-3-12-25/h4-7,9H,1-3,11-12H2. The maximum Gasteiger partial charge on any atom is 0.470 e. The molecule has 31 heavy (non-hydrogen) atoms. The SMILES string of the molecule is O=C(C#Cc1ccc2c3c(cccc13)C(=O)N(OSC(F)(F)F)C2=O)N1CCCCC1. The van der Waals surface area contributed by atoms with Crippen LogP contribution in [0.3, 0.4) is 0 Å². The normalized spacial score (nSPS) is 16.4. The Morgan fingerprint density at radius 2 is 1.68 bits per heavy atom. The number of carbonyl (C=O) groups excluding carboxylic acids is 3. The molecule has 4 rings (SSSR count). The summed E-state index contributed by atoms with van der Waals surface area (Å²) >= 11 is -0.941. The van der Waals surface area contributed by atoms with Gasteiger partial charge in [0.05, 0.1) is 11.1 Å². The van der Waals surface area contributed by atoms with Crippen LogP contribution in [0.1, 0.15) is 45.5 Å². The van der Waals surface area contributed by atoms with Gasteiger partial charge < -0.3 is 4.90 Å². The van der Waals surface area contributed by atoms with E-state index < -0.39 is 29.4 Å². The van der Waals surface area contributed by atoms with Gasteiger partial charge in [-0.05, 0) is 42.8 Å². The largest absolute Gasteiger partial charge is 0.470 e. The fraction of sp³-hybridized carbons (Fsp3) is 0.286. The van der Waals surface area contributed by atoms with E-state index in [0.717, 1.165) is 19.3 Å². The summed E-state index contributed by atoms with van der Waals surface area (Å²) in [6.45, 7) is 1.32. The second kappa shape index (κ2) is 8.24. The minimum atomic E-state index is -4.78. The lowest BCUT2D eigenvalue weighted by molar-refractivity contribution is -0.125. The maximum absolute atomic E-state index is 12.6. The summed E-state index contributed by atoms with van der Waals surface area (Å²) in [5.74, 6) is 3.11. The van der Waals surface area contributed by atoms with Gasteiger partial charge in [0, 0.05) is 30.0 Å². The van der Waals surface area contributed by atoms with Crippen LogP contribution in [-0.4, -0.2) is 46.3 Å². The van der Waals surface area contributed by atoms with Crippen LogP contribution < -0.4 is 0 Å². The Morgan fingerprint density at radius 1 is 1.00 bits per heavy atom. The van der Waals surface area contributed by atoms with Crippen molar-refractivity contribution in [2.45, 2.75) is 24.8 Å². The molecular weight excluding hydrogens is 433 g/mol. The molecule has 2 aromatic carbocycles. The Labute approximate surface area is 179 Å². The Balaban J connectivity index is 1.69. The van der Waals surface area contributed by atoms with Gasteiger partial charge in [-0.2, -0.15) is 17.5 Å². The number of benzene rings is 2. The molecule has 2 aliphatic heterocycles. The third-order valence-electron chi connectivity index (χ3n) is 5.02. The highest BCUT2D eigenvalue weighted by atomic mass is 32.2. The molecule has 3 amide bonds. The highest BCUT2D eigenvalue weighted by Gasteiger charge is 2.39. The van der Waals surface area contributed by atoms with Crippen LogP contribution in [0.2, 0.25) is 0 Å². The van der Waals surface area contributed by atoms with E-state index in [1.54, 1.807) is 11.0 Å². The quantitative estimate of drug-likeness (QED) is 0.396. The lowest BCUT2D eigenvalue weighted by atomic mass is 9.92. The van der Waals surface area contributed by atoms with Crippen molar-refractivity contribution >= 4 is 40.5 Å². The molecule has 0 unspecified atom stereocenters. The van der Waals surface area contributed by atoms with E-state index in [0.29, 0.717) is 24.0 Å². The number of hydrogen-bond acceptors (Lipinski definition) is 5. The van der Waals surface area contributed by atoms with Crippen LogP contribution in [-0.2, 0) is 9.08 Å². The number of rotatable bonds is 2. The van der Waals surface area contributed by atoms with E-state index >= 15 is 0 Å². The number of alkyl halides is 3. The van der Waals surface area contributed by atoms with Crippen LogP contribution in [0.5, 0.6) is 0 Å². The predicted octanol–water partition coefficient (Wildman–Crippen LogP) is 3.90. The molecule has 1 saturated heterocycles.